The Balaban J connectivity index is 2.34. The highest BCUT2D eigenvalue weighted by Gasteiger charge is 2.10. The molecule has 104 valence electrons. The SMILES string of the molecule is COc1ccc(Nc2nc(C(=O)O)ccc2N)c(C)c1. The predicted octanol–water partition coefficient (Wildman–Crippen LogP) is 2.42. The highest BCUT2D eigenvalue weighted by atomic mass is 16.5. The van der Waals surface area contributed by atoms with Crippen LogP contribution in [0.4, 0.5) is 17.2 Å². The van der Waals surface area contributed by atoms with Gasteiger partial charge in [-0.15, -0.1) is 0 Å². The maximum Gasteiger partial charge on any atom is 0.354 e. The van der Waals surface area contributed by atoms with Gasteiger partial charge in [-0.3, -0.25) is 0 Å². The molecular formula is C14H15N3O3. The number of hydrogen-bond donors (Lipinski definition) is 3. The minimum Gasteiger partial charge on any atom is -0.497 e. The van der Waals surface area contributed by atoms with Gasteiger partial charge in [0.1, 0.15) is 5.75 Å². The van der Waals surface area contributed by atoms with E-state index in [1.807, 2.05) is 19.1 Å². The third-order valence-electron chi connectivity index (χ3n) is 2.83. The molecule has 0 radical (unpaired) electrons. The van der Waals surface area contributed by atoms with Gasteiger partial charge in [-0.25, -0.2) is 9.78 Å². The topological polar surface area (TPSA) is 97.5 Å². The smallest absolute Gasteiger partial charge is 0.354 e. The number of rotatable bonds is 4. The van der Waals surface area contributed by atoms with Crippen LogP contribution in [0.5, 0.6) is 5.75 Å². The van der Waals surface area contributed by atoms with E-state index in [2.05, 4.69) is 10.3 Å². The van der Waals surface area contributed by atoms with Crippen molar-refractivity contribution >= 4 is 23.2 Å². The molecule has 2 aromatic rings. The molecule has 6 heteroatoms. The second-order valence-corrected chi connectivity index (χ2v) is 4.25. The quantitative estimate of drug-likeness (QED) is 0.791. The zero-order valence-electron chi connectivity index (χ0n) is 11.2. The second kappa shape index (κ2) is 5.48. The molecule has 4 N–H and O–H groups in total. The predicted molar refractivity (Wildman–Crippen MR) is 76.6 cm³/mol. The lowest BCUT2D eigenvalue weighted by molar-refractivity contribution is 0.0690. The van der Waals surface area contributed by atoms with Gasteiger partial charge in [-0.2, -0.15) is 0 Å². The van der Waals surface area contributed by atoms with E-state index in [9.17, 15) is 4.79 Å². The molecule has 0 atom stereocenters. The zero-order valence-corrected chi connectivity index (χ0v) is 11.2. The maximum atomic E-state index is 10.9. The number of nitrogens with two attached hydrogens (primary N) is 1. The number of benzene rings is 1. The number of aromatic nitrogens is 1. The molecule has 20 heavy (non-hydrogen) atoms. The highest BCUT2D eigenvalue weighted by molar-refractivity contribution is 5.87. The normalized spacial score (nSPS) is 10.1. The number of aromatic carboxylic acids is 1. The fraction of sp³-hybridized carbons (Fsp3) is 0.143. The van der Waals surface area contributed by atoms with Crippen molar-refractivity contribution in [1.82, 2.24) is 4.98 Å². The van der Waals surface area contributed by atoms with Crippen LogP contribution in [-0.4, -0.2) is 23.2 Å². The summed E-state index contributed by atoms with van der Waals surface area (Å²) in [6.45, 7) is 1.90. The largest absolute Gasteiger partial charge is 0.497 e. The summed E-state index contributed by atoms with van der Waals surface area (Å²) in [5.74, 6) is -0.0362. The molecule has 0 unspecified atom stereocenters. The van der Waals surface area contributed by atoms with E-state index in [1.54, 1.807) is 13.2 Å². The van der Waals surface area contributed by atoms with Crippen LogP contribution in [0, 0.1) is 6.92 Å². The van der Waals surface area contributed by atoms with Gasteiger partial charge >= 0.3 is 5.97 Å². The summed E-state index contributed by atoms with van der Waals surface area (Å²) in [6, 6.07) is 8.36. The van der Waals surface area contributed by atoms with Crippen LogP contribution in [-0.2, 0) is 0 Å². The lowest BCUT2D eigenvalue weighted by Crippen LogP contribution is -2.06. The van der Waals surface area contributed by atoms with Crippen molar-refractivity contribution in [3.63, 3.8) is 0 Å². The monoisotopic (exact) mass is 273 g/mol. The Bertz CT molecular complexity index is 656. The minimum absolute atomic E-state index is 0.0622. The number of nitrogens with zero attached hydrogens (tertiary/aromatic N) is 1. The van der Waals surface area contributed by atoms with E-state index in [0.717, 1.165) is 17.0 Å². The van der Waals surface area contributed by atoms with Crippen LogP contribution in [0.25, 0.3) is 0 Å². The Morgan fingerprint density at radius 1 is 1.35 bits per heavy atom. The van der Waals surface area contributed by atoms with E-state index in [-0.39, 0.29) is 5.69 Å². The van der Waals surface area contributed by atoms with Crippen molar-refractivity contribution in [3.05, 3.63) is 41.6 Å². The zero-order chi connectivity index (χ0) is 14.7. The second-order valence-electron chi connectivity index (χ2n) is 4.25. The number of carbonyl (C=O) groups is 1. The van der Waals surface area contributed by atoms with E-state index in [0.29, 0.717) is 11.5 Å². The molecule has 0 saturated heterocycles. The van der Waals surface area contributed by atoms with Crippen molar-refractivity contribution in [2.24, 2.45) is 0 Å². The van der Waals surface area contributed by atoms with Crippen LogP contribution in [0.15, 0.2) is 30.3 Å². The van der Waals surface area contributed by atoms with Gasteiger partial charge in [0, 0.05) is 5.69 Å². The molecule has 1 aromatic heterocycles. The molecule has 0 spiro atoms. The van der Waals surface area contributed by atoms with Gasteiger partial charge in [-0.1, -0.05) is 0 Å². The van der Waals surface area contributed by atoms with Crippen LogP contribution in [0.3, 0.4) is 0 Å². The number of ether oxygens (including phenoxy) is 1. The fourth-order valence-corrected chi connectivity index (χ4v) is 1.72. The Morgan fingerprint density at radius 2 is 2.10 bits per heavy atom. The molecule has 0 aliphatic heterocycles. The molecule has 1 heterocycles. The number of methoxy groups -OCH3 is 1. The summed E-state index contributed by atoms with van der Waals surface area (Å²) in [4.78, 5) is 14.9. The van der Waals surface area contributed by atoms with Gasteiger partial charge in [-0.05, 0) is 42.8 Å². The maximum absolute atomic E-state index is 10.9. The van der Waals surface area contributed by atoms with Gasteiger partial charge < -0.3 is 20.9 Å². The third-order valence-corrected chi connectivity index (χ3v) is 2.83. The molecule has 0 bridgehead atoms. The average Bonchev–Trinajstić information content (AvgIpc) is 2.42. The van der Waals surface area contributed by atoms with E-state index in [1.165, 1.54) is 12.1 Å². The molecule has 0 amide bonds. The lowest BCUT2D eigenvalue weighted by Gasteiger charge is -2.12. The van der Waals surface area contributed by atoms with Crippen molar-refractivity contribution in [1.29, 1.82) is 0 Å². The molecule has 0 saturated carbocycles. The fourth-order valence-electron chi connectivity index (χ4n) is 1.72. The molecule has 2 rings (SSSR count). The van der Waals surface area contributed by atoms with Gasteiger partial charge in [0.15, 0.2) is 11.5 Å². The molecule has 1 aromatic carbocycles. The number of carboxylic acids is 1. The molecular weight excluding hydrogens is 258 g/mol. The molecule has 0 aliphatic carbocycles. The standard InChI is InChI=1S/C14H15N3O3/c1-8-7-9(20-2)3-5-11(8)16-13-10(15)4-6-12(17-13)14(18)19/h3-7H,15H2,1-2H3,(H,16,17)(H,18,19). The molecule has 0 aliphatic rings. The van der Waals surface area contributed by atoms with Crippen LogP contribution in [0.2, 0.25) is 0 Å². The van der Waals surface area contributed by atoms with Crippen LogP contribution >= 0.6 is 0 Å². The Labute approximate surface area is 116 Å². The summed E-state index contributed by atoms with van der Waals surface area (Å²) in [7, 11) is 1.59. The Hall–Kier alpha value is -2.76. The number of pyridine rings is 1. The lowest BCUT2D eigenvalue weighted by atomic mass is 10.2. The van der Waals surface area contributed by atoms with E-state index >= 15 is 0 Å². The van der Waals surface area contributed by atoms with Gasteiger partial charge in [0.25, 0.3) is 0 Å². The first-order chi connectivity index (χ1) is 9.51. The van der Waals surface area contributed by atoms with Crippen molar-refractivity contribution in [2.45, 2.75) is 6.92 Å². The van der Waals surface area contributed by atoms with Gasteiger partial charge in [0.05, 0.1) is 12.8 Å². The number of carboxylic acid groups (broad SMARTS) is 1. The third kappa shape index (κ3) is 2.80. The van der Waals surface area contributed by atoms with Gasteiger partial charge in [0.2, 0.25) is 0 Å². The van der Waals surface area contributed by atoms with Crippen molar-refractivity contribution in [2.75, 3.05) is 18.2 Å². The first kappa shape index (κ1) is 13.7. The number of hydrogen-bond acceptors (Lipinski definition) is 5. The summed E-state index contributed by atoms with van der Waals surface area (Å²) >= 11 is 0. The van der Waals surface area contributed by atoms with Crippen LogP contribution < -0.4 is 15.8 Å². The van der Waals surface area contributed by atoms with Crippen molar-refractivity contribution < 1.29 is 14.6 Å². The first-order valence-corrected chi connectivity index (χ1v) is 5.92. The van der Waals surface area contributed by atoms with E-state index < -0.39 is 5.97 Å². The average molecular weight is 273 g/mol. The Kier molecular flexibility index (Phi) is 3.74. The highest BCUT2D eigenvalue weighted by Crippen LogP contribution is 2.26. The Morgan fingerprint density at radius 3 is 2.70 bits per heavy atom. The first-order valence-electron chi connectivity index (χ1n) is 5.92. The number of nitrogens with one attached hydrogen (secondary N) is 1. The van der Waals surface area contributed by atoms with Crippen molar-refractivity contribution in [3.8, 4) is 5.75 Å². The van der Waals surface area contributed by atoms with E-state index in [4.69, 9.17) is 15.6 Å². The number of anilines is 3. The van der Waals surface area contributed by atoms with Crippen LogP contribution in [0.1, 0.15) is 16.1 Å². The summed E-state index contributed by atoms with van der Waals surface area (Å²) in [5, 5.41) is 12.0. The summed E-state index contributed by atoms with van der Waals surface area (Å²) in [6.07, 6.45) is 0. The molecule has 6 nitrogen and oxygen atoms in total. The number of aryl methyl sites for hydroxylation is 1. The minimum atomic E-state index is -1.10. The number of nitrogen functional groups attached to an aromatic ring is 1. The molecule has 0 fully saturated rings. The summed E-state index contributed by atoms with van der Waals surface area (Å²) in [5.41, 5.74) is 7.84. The summed E-state index contributed by atoms with van der Waals surface area (Å²) < 4.78 is 5.13.